The highest BCUT2D eigenvalue weighted by Crippen LogP contribution is 2.21. The Kier molecular flexibility index (Phi) is 3.30. The van der Waals surface area contributed by atoms with Crippen molar-refractivity contribution in [2.45, 2.75) is 0 Å². The predicted molar refractivity (Wildman–Crippen MR) is 72.6 cm³/mol. The standard InChI is InChI=1S/C14H10N4O3/c19-13(20)10-6-8-12(9-7-10)21-14-15-16-17-18(14)11-4-2-1-3-5-11/h1-9H,(H,19,20). The summed E-state index contributed by atoms with van der Waals surface area (Å²) < 4.78 is 7.02. The lowest BCUT2D eigenvalue weighted by Gasteiger charge is -2.06. The number of para-hydroxylation sites is 1. The van der Waals surface area contributed by atoms with Gasteiger partial charge in [0.25, 0.3) is 0 Å². The number of tetrazole rings is 1. The first-order chi connectivity index (χ1) is 10.2. The summed E-state index contributed by atoms with van der Waals surface area (Å²) >= 11 is 0. The van der Waals surface area contributed by atoms with Crippen LogP contribution in [0.25, 0.3) is 5.69 Å². The van der Waals surface area contributed by atoms with Crippen LogP contribution >= 0.6 is 0 Å². The van der Waals surface area contributed by atoms with E-state index in [1.165, 1.54) is 16.8 Å². The molecule has 0 unspecified atom stereocenters. The maximum absolute atomic E-state index is 10.8. The molecule has 0 atom stereocenters. The second kappa shape index (κ2) is 5.41. The van der Waals surface area contributed by atoms with E-state index < -0.39 is 5.97 Å². The predicted octanol–water partition coefficient (Wildman–Crippen LogP) is 2.15. The minimum Gasteiger partial charge on any atom is -0.478 e. The van der Waals surface area contributed by atoms with Gasteiger partial charge in [-0.25, -0.2) is 4.79 Å². The molecular weight excluding hydrogens is 272 g/mol. The van der Waals surface area contributed by atoms with Crippen molar-refractivity contribution in [3.8, 4) is 17.4 Å². The van der Waals surface area contributed by atoms with Crippen molar-refractivity contribution in [1.82, 2.24) is 20.2 Å². The lowest BCUT2D eigenvalue weighted by Crippen LogP contribution is -2.00. The third-order valence-electron chi connectivity index (χ3n) is 2.75. The van der Waals surface area contributed by atoms with E-state index in [1.54, 1.807) is 12.1 Å². The number of hydrogen-bond donors (Lipinski definition) is 1. The number of hydrogen-bond acceptors (Lipinski definition) is 5. The van der Waals surface area contributed by atoms with Gasteiger partial charge in [0.1, 0.15) is 5.75 Å². The van der Waals surface area contributed by atoms with Gasteiger partial charge in [-0.2, -0.15) is 4.68 Å². The molecule has 0 aliphatic carbocycles. The highest BCUT2D eigenvalue weighted by atomic mass is 16.5. The van der Waals surface area contributed by atoms with Crippen LogP contribution in [0, 0.1) is 0 Å². The van der Waals surface area contributed by atoms with E-state index in [4.69, 9.17) is 9.84 Å². The van der Waals surface area contributed by atoms with E-state index >= 15 is 0 Å². The zero-order valence-corrected chi connectivity index (χ0v) is 10.7. The fourth-order valence-electron chi connectivity index (χ4n) is 1.74. The summed E-state index contributed by atoms with van der Waals surface area (Å²) in [5.74, 6) is -0.539. The minimum atomic E-state index is -0.990. The highest BCUT2D eigenvalue weighted by Gasteiger charge is 2.11. The summed E-state index contributed by atoms with van der Waals surface area (Å²) in [4.78, 5) is 10.8. The molecule has 2 aromatic carbocycles. The number of benzene rings is 2. The van der Waals surface area contributed by atoms with Crippen molar-refractivity contribution in [3.05, 3.63) is 60.2 Å². The first-order valence-corrected chi connectivity index (χ1v) is 6.09. The summed E-state index contributed by atoms with van der Waals surface area (Å²) in [6, 6.07) is 15.5. The van der Waals surface area contributed by atoms with Gasteiger partial charge in [-0.15, -0.1) is 0 Å². The maximum atomic E-state index is 10.8. The quantitative estimate of drug-likeness (QED) is 0.788. The third kappa shape index (κ3) is 2.71. The van der Waals surface area contributed by atoms with E-state index in [2.05, 4.69) is 15.5 Å². The van der Waals surface area contributed by atoms with Crippen LogP contribution in [0.4, 0.5) is 0 Å². The molecule has 7 nitrogen and oxygen atoms in total. The molecule has 0 aliphatic heterocycles. The number of carboxylic acid groups (broad SMARTS) is 1. The fourth-order valence-corrected chi connectivity index (χ4v) is 1.74. The van der Waals surface area contributed by atoms with E-state index in [9.17, 15) is 4.79 Å². The van der Waals surface area contributed by atoms with Crippen molar-refractivity contribution in [1.29, 1.82) is 0 Å². The molecule has 104 valence electrons. The minimum absolute atomic E-state index is 0.185. The number of aromatic carboxylic acids is 1. The van der Waals surface area contributed by atoms with Crippen LogP contribution < -0.4 is 4.74 Å². The Balaban J connectivity index is 1.86. The van der Waals surface area contributed by atoms with Crippen molar-refractivity contribution in [2.24, 2.45) is 0 Å². The van der Waals surface area contributed by atoms with Gasteiger partial charge >= 0.3 is 12.0 Å². The SMILES string of the molecule is O=C(O)c1ccc(Oc2nnnn2-c2ccccc2)cc1. The molecule has 3 aromatic rings. The Morgan fingerprint density at radius 1 is 1.05 bits per heavy atom. The molecule has 0 fully saturated rings. The molecule has 1 N–H and O–H groups in total. The molecule has 0 saturated carbocycles. The van der Waals surface area contributed by atoms with Crippen LogP contribution in [0.2, 0.25) is 0 Å². The van der Waals surface area contributed by atoms with Crippen LogP contribution in [-0.4, -0.2) is 31.3 Å². The van der Waals surface area contributed by atoms with E-state index in [1.807, 2.05) is 30.3 Å². The molecule has 0 aliphatic rings. The van der Waals surface area contributed by atoms with Crippen LogP contribution in [0.3, 0.4) is 0 Å². The Morgan fingerprint density at radius 3 is 2.43 bits per heavy atom. The molecule has 3 rings (SSSR count). The number of ether oxygens (including phenoxy) is 1. The summed E-state index contributed by atoms with van der Waals surface area (Å²) in [7, 11) is 0. The van der Waals surface area contributed by atoms with E-state index in [0.717, 1.165) is 5.69 Å². The molecule has 7 heteroatoms. The monoisotopic (exact) mass is 282 g/mol. The van der Waals surface area contributed by atoms with Crippen molar-refractivity contribution in [3.63, 3.8) is 0 Å². The average Bonchev–Trinajstić information content (AvgIpc) is 2.97. The smallest absolute Gasteiger partial charge is 0.345 e. The van der Waals surface area contributed by atoms with Crippen LogP contribution in [0.15, 0.2) is 54.6 Å². The lowest BCUT2D eigenvalue weighted by atomic mass is 10.2. The molecule has 21 heavy (non-hydrogen) atoms. The Hall–Kier alpha value is -3.22. The lowest BCUT2D eigenvalue weighted by molar-refractivity contribution is 0.0697. The van der Waals surface area contributed by atoms with Gasteiger partial charge in [-0.05, 0) is 46.8 Å². The van der Waals surface area contributed by atoms with Gasteiger partial charge in [0, 0.05) is 0 Å². The van der Waals surface area contributed by atoms with Crippen LogP contribution in [0.5, 0.6) is 11.8 Å². The second-order valence-electron chi connectivity index (χ2n) is 4.14. The number of rotatable bonds is 4. The summed E-state index contributed by atoms with van der Waals surface area (Å²) in [6.45, 7) is 0. The van der Waals surface area contributed by atoms with Crippen LogP contribution in [-0.2, 0) is 0 Å². The summed E-state index contributed by atoms with van der Waals surface area (Å²) in [6.07, 6.45) is 0. The molecule has 1 heterocycles. The van der Waals surface area contributed by atoms with Crippen molar-refractivity contribution in [2.75, 3.05) is 0 Å². The zero-order chi connectivity index (χ0) is 14.7. The second-order valence-corrected chi connectivity index (χ2v) is 4.14. The molecule has 1 aromatic heterocycles. The first kappa shape index (κ1) is 12.8. The first-order valence-electron chi connectivity index (χ1n) is 6.09. The Bertz CT molecular complexity index is 753. The van der Waals surface area contributed by atoms with E-state index in [0.29, 0.717) is 5.75 Å². The molecule has 0 radical (unpaired) electrons. The van der Waals surface area contributed by atoms with Gasteiger partial charge in [0.05, 0.1) is 11.3 Å². The van der Waals surface area contributed by atoms with Crippen molar-refractivity contribution >= 4 is 5.97 Å². The third-order valence-corrected chi connectivity index (χ3v) is 2.75. The molecule has 0 saturated heterocycles. The maximum Gasteiger partial charge on any atom is 0.345 e. The van der Waals surface area contributed by atoms with Gasteiger partial charge in [-0.1, -0.05) is 23.3 Å². The largest absolute Gasteiger partial charge is 0.478 e. The number of carbonyl (C=O) groups is 1. The topological polar surface area (TPSA) is 90.1 Å². The Morgan fingerprint density at radius 2 is 1.76 bits per heavy atom. The van der Waals surface area contributed by atoms with Gasteiger partial charge in [0.15, 0.2) is 0 Å². The van der Waals surface area contributed by atoms with Gasteiger partial charge in [0.2, 0.25) is 0 Å². The molecule has 0 spiro atoms. The fraction of sp³-hybridized carbons (Fsp3) is 0. The molecule has 0 bridgehead atoms. The van der Waals surface area contributed by atoms with Crippen molar-refractivity contribution < 1.29 is 14.6 Å². The summed E-state index contributed by atoms with van der Waals surface area (Å²) in [5, 5.41) is 20.1. The number of carboxylic acids is 1. The normalized spacial score (nSPS) is 10.3. The van der Waals surface area contributed by atoms with Crippen LogP contribution in [0.1, 0.15) is 10.4 Å². The number of nitrogens with zero attached hydrogens (tertiary/aromatic N) is 4. The molecule has 0 amide bonds. The Labute approximate surface area is 119 Å². The van der Waals surface area contributed by atoms with E-state index in [-0.39, 0.29) is 11.6 Å². The van der Waals surface area contributed by atoms with Gasteiger partial charge in [-0.3, -0.25) is 0 Å². The summed E-state index contributed by atoms with van der Waals surface area (Å²) in [5.41, 5.74) is 0.949. The number of aromatic nitrogens is 4. The average molecular weight is 282 g/mol. The molecular formula is C14H10N4O3. The zero-order valence-electron chi connectivity index (χ0n) is 10.7. The van der Waals surface area contributed by atoms with Gasteiger partial charge < -0.3 is 9.84 Å². The highest BCUT2D eigenvalue weighted by molar-refractivity contribution is 5.87.